The zero-order valence-corrected chi connectivity index (χ0v) is 40.6. The van der Waals surface area contributed by atoms with Gasteiger partial charge >= 0.3 is 0 Å². The Morgan fingerprint density at radius 1 is 0.395 bits per heavy atom. The van der Waals surface area contributed by atoms with Crippen LogP contribution in [0, 0.1) is 17.9 Å². The van der Waals surface area contributed by atoms with Crippen LogP contribution in [0.2, 0.25) is 0 Å². The molecule has 15 aromatic rings. The van der Waals surface area contributed by atoms with Crippen LogP contribution in [-0.2, 0) is 0 Å². The molecule has 0 unspecified atom stereocenters. The molecule has 0 bridgehead atoms. The molecule has 0 fully saturated rings. The zero-order chi connectivity index (χ0) is 50.4. The van der Waals surface area contributed by atoms with Crippen molar-refractivity contribution in [2.24, 2.45) is 0 Å². The summed E-state index contributed by atoms with van der Waals surface area (Å²) in [5.41, 5.74) is 14.0. The minimum Gasteiger partial charge on any atom is -0.455 e. The number of anilines is 6. The number of fused-ring (bicyclic) bond motifs is 14. The van der Waals surface area contributed by atoms with E-state index < -0.39 is 0 Å². The van der Waals surface area contributed by atoms with Crippen LogP contribution in [0.5, 0.6) is 0 Å². The zero-order valence-electron chi connectivity index (χ0n) is 40.6. The van der Waals surface area contributed by atoms with E-state index in [2.05, 4.69) is 151 Å². The van der Waals surface area contributed by atoms with Crippen LogP contribution in [0.3, 0.4) is 0 Å². The SMILES string of the molecule is [C-]#[N+]c1cc(-n2c3ccc4c5ccccc5oc4c3c3cccc(N(c4ccccc4)c4ccccc4)c32)c(C#N)cc1-n1c2ccc3c4ccccc4oc3c2c2cccc(N(c3ccccc3)c3ccccc3)c21. The van der Waals surface area contributed by atoms with Crippen molar-refractivity contribution in [1.29, 1.82) is 5.26 Å². The van der Waals surface area contributed by atoms with Gasteiger partial charge in [-0.25, -0.2) is 4.85 Å². The Kier molecular flexibility index (Phi) is 9.52. The number of aromatic nitrogens is 2. The maximum Gasteiger partial charge on any atom is 0.212 e. The Morgan fingerprint density at radius 2 is 0.789 bits per heavy atom. The largest absolute Gasteiger partial charge is 0.455 e. The molecule has 4 aromatic heterocycles. The summed E-state index contributed by atoms with van der Waals surface area (Å²) in [7, 11) is 0. The minimum absolute atomic E-state index is 0.360. The van der Waals surface area contributed by atoms with Gasteiger partial charge in [0.05, 0.1) is 67.7 Å². The van der Waals surface area contributed by atoms with E-state index in [0.29, 0.717) is 22.6 Å². The van der Waals surface area contributed by atoms with Gasteiger partial charge in [0.2, 0.25) is 5.69 Å². The Hall–Kier alpha value is -10.8. The molecule has 11 aromatic carbocycles. The first-order valence-corrected chi connectivity index (χ1v) is 25.2. The number of hydrogen-bond donors (Lipinski definition) is 0. The molecule has 0 spiro atoms. The lowest BCUT2D eigenvalue weighted by molar-refractivity contribution is 0.672. The summed E-state index contributed by atoms with van der Waals surface area (Å²) in [6.45, 7) is 9.16. The molecule has 0 saturated heterocycles. The third-order valence-corrected chi connectivity index (χ3v) is 14.9. The van der Waals surface area contributed by atoms with Gasteiger partial charge in [-0.15, -0.1) is 0 Å². The number of nitrogens with zero attached hydrogens (tertiary/aromatic N) is 6. The van der Waals surface area contributed by atoms with E-state index in [4.69, 9.17) is 15.4 Å². The van der Waals surface area contributed by atoms with Crippen LogP contribution in [0.4, 0.5) is 39.8 Å². The van der Waals surface area contributed by atoms with Gasteiger partial charge in [-0.2, -0.15) is 5.26 Å². The normalized spacial score (nSPS) is 11.7. The van der Waals surface area contributed by atoms with Crippen molar-refractivity contribution in [3.8, 4) is 17.4 Å². The van der Waals surface area contributed by atoms with Gasteiger partial charge in [-0.3, -0.25) is 0 Å². The molecule has 0 atom stereocenters. The molecule has 8 nitrogen and oxygen atoms in total. The van der Waals surface area contributed by atoms with Gasteiger partial charge in [-0.1, -0.05) is 133 Å². The molecule has 8 heteroatoms. The maximum absolute atomic E-state index is 11.7. The molecular weight excluding hydrogens is 933 g/mol. The topological polar surface area (TPSA) is 70.8 Å². The van der Waals surface area contributed by atoms with Gasteiger partial charge in [0, 0.05) is 55.1 Å². The molecule has 0 aliphatic rings. The summed E-state index contributed by atoms with van der Waals surface area (Å²) in [6, 6.07) is 85.3. The standard InChI is InChI=1S/C68H40N6O2/c1-70-54-41-59(73-55-38-36-50-48-28-14-16-34-61(48)75-67(50)63(55)52-30-18-32-57(65(52)73)71(44-20-6-2-7-21-44)45-22-8-3-9-23-45)43(42-69)40-60(54)74-56-39-37-51-49-29-15-17-35-62(49)76-68(51)64(56)53-31-19-33-58(66(53)74)72(46-24-10-4-11-25-46)47-26-12-5-13-27-47/h2-41H. The quantitative estimate of drug-likeness (QED) is 0.142. The van der Waals surface area contributed by atoms with Crippen molar-refractivity contribution >= 4 is 127 Å². The highest BCUT2D eigenvalue weighted by atomic mass is 16.3. The molecular formula is C68H40N6O2. The molecule has 15 rings (SSSR count). The average Bonchev–Trinajstić information content (AvgIpc) is 4.28. The summed E-state index contributed by atoms with van der Waals surface area (Å²) >= 11 is 0. The Bertz CT molecular complexity index is 4510. The number of benzene rings is 11. The van der Waals surface area contributed by atoms with Gasteiger partial charge in [0.25, 0.3) is 0 Å². The lowest BCUT2D eigenvalue weighted by Crippen LogP contribution is -2.12. The smallest absolute Gasteiger partial charge is 0.212 e. The summed E-state index contributed by atoms with van der Waals surface area (Å²) in [6.07, 6.45) is 0. The van der Waals surface area contributed by atoms with Crippen LogP contribution >= 0.6 is 0 Å². The van der Waals surface area contributed by atoms with Crippen molar-refractivity contribution in [3.63, 3.8) is 0 Å². The fourth-order valence-electron chi connectivity index (χ4n) is 11.8. The molecule has 354 valence electrons. The van der Waals surface area contributed by atoms with Crippen molar-refractivity contribution in [3.05, 3.63) is 260 Å². The lowest BCUT2D eigenvalue weighted by atomic mass is 10.1. The van der Waals surface area contributed by atoms with Crippen LogP contribution in [-0.4, -0.2) is 9.13 Å². The highest BCUT2D eigenvalue weighted by molar-refractivity contribution is 6.27. The predicted molar refractivity (Wildman–Crippen MR) is 310 cm³/mol. The molecule has 0 aliphatic heterocycles. The first-order chi connectivity index (χ1) is 37.7. The predicted octanol–water partition coefficient (Wildman–Crippen LogP) is 19.0. The third-order valence-electron chi connectivity index (χ3n) is 14.9. The third kappa shape index (κ3) is 6.29. The highest BCUT2D eigenvalue weighted by Crippen LogP contribution is 2.50. The van der Waals surface area contributed by atoms with Crippen molar-refractivity contribution in [2.45, 2.75) is 0 Å². The fourth-order valence-corrected chi connectivity index (χ4v) is 11.8. The number of nitriles is 1. The number of para-hydroxylation sites is 8. The van der Waals surface area contributed by atoms with Gasteiger partial charge in [-0.05, 0) is 109 Å². The Morgan fingerprint density at radius 3 is 1.21 bits per heavy atom. The number of hydrogen-bond acceptors (Lipinski definition) is 5. The summed E-state index contributed by atoms with van der Waals surface area (Å²) in [4.78, 5) is 8.92. The number of rotatable bonds is 8. The van der Waals surface area contributed by atoms with E-state index in [1.165, 1.54) is 0 Å². The van der Waals surface area contributed by atoms with E-state index in [0.717, 1.165) is 122 Å². The molecule has 0 radical (unpaired) electrons. The first kappa shape index (κ1) is 42.8. The molecule has 76 heavy (non-hydrogen) atoms. The van der Waals surface area contributed by atoms with E-state index in [9.17, 15) is 5.26 Å². The van der Waals surface area contributed by atoms with E-state index in [1.807, 2.05) is 121 Å². The molecule has 0 saturated carbocycles. The van der Waals surface area contributed by atoms with Gasteiger partial charge in [0.1, 0.15) is 28.4 Å². The Labute approximate surface area is 435 Å². The van der Waals surface area contributed by atoms with E-state index in [-0.39, 0.29) is 0 Å². The monoisotopic (exact) mass is 972 g/mol. The molecule has 0 aliphatic carbocycles. The van der Waals surface area contributed by atoms with Crippen LogP contribution < -0.4 is 9.80 Å². The summed E-state index contributed by atoms with van der Waals surface area (Å²) < 4.78 is 18.0. The first-order valence-electron chi connectivity index (χ1n) is 25.2. The lowest BCUT2D eigenvalue weighted by Gasteiger charge is -2.27. The van der Waals surface area contributed by atoms with Crippen molar-refractivity contribution in [2.75, 3.05) is 9.80 Å². The molecule has 4 heterocycles. The van der Waals surface area contributed by atoms with Crippen molar-refractivity contribution in [1.82, 2.24) is 9.13 Å². The Balaban J connectivity index is 1.07. The second-order valence-corrected chi connectivity index (χ2v) is 19.0. The molecule has 0 amide bonds. The van der Waals surface area contributed by atoms with Gasteiger partial charge < -0.3 is 27.8 Å². The fraction of sp³-hybridized carbons (Fsp3) is 0. The highest BCUT2D eigenvalue weighted by Gasteiger charge is 2.29. The maximum atomic E-state index is 11.7. The van der Waals surface area contributed by atoms with E-state index in [1.54, 1.807) is 0 Å². The van der Waals surface area contributed by atoms with Crippen LogP contribution in [0.1, 0.15) is 5.56 Å². The molecule has 0 N–H and O–H groups in total. The number of furan rings is 2. The second kappa shape index (κ2) is 16.9. The average molecular weight is 973 g/mol. The van der Waals surface area contributed by atoms with Gasteiger partial charge in [0.15, 0.2) is 0 Å². The van der Waals surface area contributed by atoms with E-state index >= 15 is 0 Å². The second-order valence-electron chi connectivity index (χ2n) is 19.0. The van der Waals surface area contributed by atoms with Crippen molar-refractivity contribution < 1.29 is 8.83 Å². The van der Waals surface area contributed by atoms with Crippen LogP contribution in [0.15, 0.2) is 251 Å². The minimum atomic E-state index is 0.360. The van der Waals surface area contributed by atoms with Crippen LogP contribution in [0.25, 0.3) is 104 Å². The summed E-state index contributed by atoms with van der Waals surface area (Å²) in [5.74, 6) is 0. The summed E-state index contributed by atoms with van der Waals surface area (Å²) in [5, 5.41) is 19.5.